The number of nitrogens with zero attached hydrogens (tertiary/aromatic N) is 3. The summed E-state index contributed by atoms with van der Waals surface area (Å²) in [7, 11) is 0. The van der Waals surface area contributed by atoms with Crippen LogP contribution >= 0.6 is 11.6 Å². The summed E-state index contributed by atoms with van der Waals surface area (Å²) in [5.74, 6) is -0.507. The van der Waals surface area contributed by atoms with Gasteiger partial charge in [-0.25, -0.2) is 9.37 Å². The van der Waals surface area contributed by atoms with Gasteiger partial charge in [0.2, 0.25) is 5.89 Å². The minimum atomic E-state index is -0.493. The van der Waals surface area contributed by atoms with Crippen molar-refractivity contribution in [2.24, 2.45) is 0 Å². The monoisotopic (exact) mass is 442 g/mol. The third-order valence-corrected chi connectivity index (χ3v) is 5.55. The minimum Gasteiger partial charge on any atom is -0.447 e. The predicted molar refractivity (Wildman–Crippen MR) is 118 cm³/mol. The van der Waals surface area contributed by atoms with Gasteiger partial charge in [-0.2, -0.15) is 0 Å². The fourth-order valence-electron chi connectivity index (χ4n) is 3.55. The normalized spacial score (nSPS) is 15.2. The van der Waals surface area contributed by atoms with Crippen molar-refractivity contribution >= 4 is 23.2 Å². The lowest BCUT2D eigenvalue weighted by molar-refractivity contribution is 0.102. The van der Waals surface area contributed by atoms with E-state index in [1.807, 2.05) is 19.1 Å². The molecule has 0 unspecified atom stereocenters. The summed E-state index contributed by atoms with van der Waals surface area (Å²) in [5.41, 5.74) is 2.36. The summed E-state index contributed by atoms with van der Waals surface area (Å²) in [6.07, 6.45) is 1.31. The first-order valence-electron chi connectivity index (χ1n) is 10.2. The van der Waals surface area contributed by atoms with E-state index < -0.39 is 11.7 Å². The number of oxazole rings is 1. The van der Waals surface area contributed by atoms with Gasteiger partial charge in [0.25, 0.3) is 5.91 Å². The van der Waals surface area contributed by atoms with Crippen LogP contribution in [0.3, 0.4) is 0 Å². The number of amides is 1. The number of benzene rings is 2. The van der Waals surface area contributed by atoms with Crippen molar-refractivity contribution in [1.82, 2.24) is 14.8 Å². The molecule has 2 heterocycles. The molecule has 0 radical (unpaired) electrons. The molecule has 8 heteroatoms. The van der Waals surface area contributed by atoms with Gasteiger partial charge in [-0.3, -0.25) is 14.6 Å². The SMILES string of the molecule is Cc1ccc(F)c(NC(=O)c2coc(CN3CCN(Cc4ccc(Cl)cc4)CC3)n2)c1. The van der Waals surface area contributed by atoms with E-state index in [0.717, 1.165) is 43.3 Å². The number of halogens is 2. The fraction of sp³-hybridized carbons (Fsp3) is 0.304. The highest BCUT2D eigenvalue weighted by atomic mass is 35.5. The topological polar surface area (TPSA) is 61.6 Å². The van der Waals surface area contributed by atoms with Crippen molar-refractivity contribution in [3.05, 3.63) is 82.3 Å². The highest BCUT2D eigenvalue weighted by Gasteiger charge is 2.20. The van der Waals surface area contributed by atoms with E-state index in [4.69, 9.17) is 16.0 Å². The maximum absolute atomic E-state index is 13.9. The van der Waals surface area contributed by atoms with Crippen molar-refractivity contribution in [2.75, 3.05) is 31.5 Å². The molecule has 1 saturated heterocycles. The summed E-state index contributed by atoms with van der Waals surface area (Å²) in [6, 6.07) is 12.5. The Labute approximate surface area is 185 Å². The second-order valence-corrected chi connectivity index (χ2v) is 8.18. The molecule has 1 fully saturated rings. The standard InChI is InChI=1S/C23H24ClFN4O2/c1-16-2-7-19(25)20(12-16)27-23(30)21-15-31-22(26-21)14-29-10-8-28(9-11-29)13-17-3-5-18(24)6-4-17/h2-7,12,15H,8-11,13-14H2,1H3,(H,27,30). The molecule has 0 saturated carbocycles. The van der Waals surface area contributed by atoms with Gasteiger partial charge in [-0.1, -0.05) is 29.8 Å². The zero-order valence-electron chi connectivity index (χ0n) is 17.3. The summed E-state index contributed by atoms with van der Waals surface area (Å²) in [6.45, 7) is 6.88. The van der Waals surface area contributed by atoms with Crippen molar-refractivity contribution in [3.8, 4) is 0 Å². The maximum atomic E-state index is 13.9. The Bertz CT molecular complexity index is 1050. The van der Waals surface area contributed by atoms with Gasteiger partial charge in [-0.15, -0.1) is 0 Å². The van der Waals surface area contributed by atoms with Gasteiger partial charge in [0.1, 0.15) is 12.1 Å². The number of hydrogen-bond donors (Lipinski definition) is 1. The molecule has 1 N–H and O–H groups in total. The molecule has 0 atom stereocenters. The van der Waals surface area contributed by atoms with E-state index in [9.17, 15) is 9.18 Å². The van der Waals surface area contributed by atoms with E-state index in [2.05, 4.69) is 32.2 Å². The molecule has 4 rings (SSSR count). The Morgan fingerprint density at radius 2 is 1.77 bits per heavy atom. The Kier molecular flexibility index (Phi) is 6.65. The van der Waals surface area contributed by atoms with Crippen LogP contribution in [0.5, 0.6) is 0 Å². The van der Waals surface area contributed by atoms with Crippen LogP contribution in [-0.4, -0.2) is 46.9 Å². The number of hydrogen-bond acceptors (Lipinski definition) is 5. The molecule has 3 aromatic rings. The second-order valence-electron chi connectivity index (χ2n) is 7.74. The smallest absolute Gasteiger partial charge is 0.277 e. The lowest BCUT2D eigenvalue weighted by atomic mass is 10.2. The number of aromatic nitrogens is 1. The Hall–Kier alpha value is -2.74. The van der Waals surface area contributed by atoms with E-state index in [1.54, 1.807) is 12.1 Å². The van der Waals surface area contributed by atoms with Gasteiger partial charge < -0.3 is 9.73 Å². The molecule has 6 nitrogen and oxygen atoms in total. The maximum Gasteiger partial charge on any atom is 0.277 e. The minimum absolute atomic E-state index is 0.131. The van der Waals surface area contributed by atoms with E-state index in [0.29, 0.717) is 12.4 Å². The molecular formula is C23H24ClFN4O2. The molecule has 31 heavy (non-hydrogen) atoms. The number of carbonyl (C=O) groups is 1. The number of anilines is 1. The Morgan fingerprint density at radius 1 is 1.10 bits per heavy atom. The lowest BCUT2D eigenvalue weighted by Crippen LogP contribution is -2.45. The first-order chi connectivity index (χ1) is 15.0. The first-order valence-corrected chi connectivity index (χ1v) is 10.5. The van der Waals surface area contributed by atoms with E-state index in [-0.39, 0.29) is 11.4 Å². The molecule has 0 bridgehead atoms. The fourth-order valence-corrected chi connectivity index (χ4v) is 3.68. The number of piperazine rings is 1. The zero-order chi connectivity index (χ0) is 21.8. The van der Waals surface area contributed by atoms with Crippen molar-refractivity contribution in [2.45, 2.75) is 20.0 Å². The van der Waals surface area contributed by atoms with Gasteiger partial charge in [0.05, 0.1) is 12.2 Å². The average molecular weight is 443 g/mol. The lowest BCUT2D eigenvalue weighted by Gasteiger charge is -2.34. The highest BCUT2D eigenvalue weighted by molar-refractivity contribution is 6.30. The Balaban J connectivity index is 1.28. The summed E-state index contributed by atoms with van der Waals surface area (Å²) in [5, 5.41) is 3.30. The van der Waals surface area contributed by atoms with Crippen LogP contribution in [0.4, 0.5) is 10.1 Å². The molecule has 162 valence electrons. The molecule has 2 aromatic carbocycles. The van der Waals surface area contributed by atoms with Gasteiger partial charge >= 0.3 is 0 Å². The zero-order valence-corrected chi connectivity index (χ0v) is 18.0. The van der Waals surface area contributed by atoms with Crippen LogP contribution in [0.1, 0.15) is 27.5 Å². The molecular weight excluding hydrogens is 419 g/mol. The van der Waals surface area contributed by atoms with Crippen LogP contribution in [0.25, 0.3) is 0 Å². The molecule has 1 aliphatic rings. The molecule has 0 aliphatic carbocycles. The molecule has 1 aromatic heterocycles. The number of aryl methyl sites for hydroxylation is 1. The third kappa shape index (κ3) is 5.70. The van der Waals surface area contributed by atoms with Gasteiger partial charge in [-0.05, 0) is 42.3 Å². The quantitative estimate of drug-likeness (QED) is 0.615. The predicted octanol–water partition coefficient (Wildman–Crippen LogP) is 4.35. The van der Waals surface area contributed by atoms with Crippen LogP contribution in [-0.2, 0) is 13.1 Å². The van der Waals surface area contributed by atoms with Crippen molar-refractivity contribution < 1.29 is 13.6 Å². The number of nitrogens with one attached hydrogen (secondary N) is 1. The van der Waals surface area contributed by atoms with Crippen molar-refractivity contribution in [3.63, 3.8) is 0 Å². The summed E-state index contributed by atoms with van der Waals surface area (Å²) < 4.78 is 19.4. The largest absolute Gasteiger partial charge is 0.447 e. The summed E-state index contributed by atoms with van der Waals surface area (Å²) >= 11 is 5.95. The van der Waals surface area contributed by atoms with E-state index in [1.165, 1.54) is 17.9 Å². The first kappa shape index (κ1) is 21.5. The summed E-state index contributed by atoms with van der Waals surface area (Å²) in [4.78, 5) is 21.3. The molecule has 1 amide bonds. The van der Waals surface area contributed by atoms with Crippen molar-refractivity contribution in [1.29, 1.82) is 0 Å². The second kappa shape index (κ2) is 9.60. The van der Waals surface area contributed by atoms with Gasteiger partial charge in [0.15, 0.2) is 5.69 Å². The van der Waals surface area contributed by atoms with Gasteiger partial charge in [0, 0.05) is 37.7 Å². The highest BCUT2D eigenvalue weighted by Crippen LogP contribution is 2.18. The molecule has 0 spiro atoms. The van der Waals surface area contributed by atoms with Crippen LogP contribution in [0, 0.1) is 12.7 Å². The number of rotatable bonds is 6. The van der Waals surface area contributed by atoms with E-state index >= 15 is 0 Å². The average Bonchev–Trinajstić information content (AvgIpc) is 3.22. The Morgan fingerprint density at radius 3 is 2.48 bits per heavy atom. The number of carbonyl (C=O) groups excluding carboxylic acids is 1. The van der Waals surface area contributed by atoms with Crippen LogP contribution in [0.15, 0.2) is 53.1 Å². The van der Waals surface area contributed by atoms with Crippen LogP contribution < -0.4 is 5.32 Å². The van der Waals surface area contributed by atoms with Crippen LogP contribution in [0.2, 0.25) is 5.02 Å². The molecule has 1 aliphatic heterocycles. The third-order valence-electron chi connectivity index (χ3n) is 5.30.